The fourth-order valence-electron chi connectivity index (χ4n) is 6.27. The van der Waals surface area contributed by atoms with Gasteiger partial charge in [0.15, 0.2) is 7.85 Å². The molecule has 0 aliphatic rings. The third kappa shape index (κ3) is 20.2. The van der Waals surface area contributed by atoms with Crippen LogP contribution < -0.4 is 10.6 Å². The van der Waals surface area contributed by atoms with Crippen LogP contribution in [-0.2, 0) is 52.3 Å². The Morgan fingerprint density at radius 3 is 1.63 bits per heavy atom. The van der Waals surface area contributed by atoms with Crippen molar-refractivity contribution in [3.8, 4) is 0 Å². The maximum Gasteiger partial charge on any atom is 0.407 e. The van der Waals surface area contributed by atoms with E-state index in [4.69, 9.17) is 37.9 Å². The van der Waals surface area contributed by atoms with Gasteiger partial charge in [0.1, 0.15) is 24.3 Å². The lowest BCUT2D eigenvalue weighted by atomic mass is 9.71. The summed E-state index contributed by atoms with van der Waals surface area (Å²) in [5.74, 6) is -1.65. The number of hydrogen-bond acceptors (Lipinski definition) is 12. The minimum atomic E-state index is -1.20. The zero-order valence-electron chi connectivity index (χ0n) is 42.1. The highest BCUT2D eigenvalue weighted by atomic mass is 16.6. The predicted molar refractivity (Wildman–Crippen MR) is 247 cm³/mol. The van der Waals surface area contributed by atoms with Gasteiger partial charge in [-0.25, -0.2) is 14.4 Å². The van der Waals surface area contributed by atoms with Crippen LogP contribution in [-0.4, -0.2) is 125 Å². The van der Waals surface area contributed by atoms with Gasteiger partial charge in [-0.3, -0.25) is 4.79 Å². The minimum Gasteiger partial charge on any atom is -0.460 e. The highest BCUT2D eigenvalue weighted by molar-refractivity contribution is 6.27. The third-order valence-corrected chi connectivity index (χ3v) is 12.3. The van der Waals surface area contributed by atoms with E-state index in [1.165, 1.54) is 0 Å². The fraction of sp³-hybridized carbons (Fsp3) is 0.830. The number of carbonyl (C=O) groups excluding carboxylic acids is 4. The highest BCUT2D eigenvalue weighted by Crippen LogP contribution is 2.43. The van der Waals surface area contributed by atoms with E-state index in [0.29, 0.717) is 38.0 Å². The van der Waals surface area contributed by atoms with Gasteiger partial charge >= 0.3 is 18.0 Å². The van der Waals surface area contributed by atoms with Gasteiger partial charge in [0.25, 0.3) is 0 Å². The van der Waals surface area contributed by atoms with Gasteiger partial charge in [-0.1, -0.05) is 54.7 Å². The monoisotopic (exact) mass is 883 g/mol. The molecule has 0 aliphatic carbocycles. The van der Waals surface area contributed by atoms with Crippen molar-refractivity contribution in [2.24, 2.45) is 16.7 Å². The Morgan fingerprint density at radius 2 is 1.16 bits per heavy atom. The van der Waals surface area contributed by atoms with Crippen molar-refractivity contribution in [2.75, 3.05) is 52.7 Å². The first-order valence-electron chi connectivity index (χ1n) is 22.4. The van der Waals surface area contributed by atoms with Crippen LogP contribution in [0.3, 0.4) is 0 Å². The molecule has 0 spiro atoms. The van der Waals surface area contributed by atoms with Crippen molar-refractivity contribution in [3.63, 3.8) is 0 Å². The second-order valence-corrected chi connectivity index (χ2v) is 19.8. The smallest absolute Gasteiger partial charge is 0.407 e. The number of carbonyl (C=O) groups is 4. The van der Waals surface area contributed by atoms with Crippen molar-refractivity contribution in [1.82, 2.24) is 10.6 Å². The van der Waals surface area contributed by atoms with Crippen LogP contribution in [0.5, 0.6) is 0 Å². The maximum absolute atomic E-state index is 13.2. The lowest BCUT2D eigenvalue weighted by Gasteiger charge is -2.47. The quantitative estimate of drug-likeness (QED) is 0.0229. The molecular formula is C47H87BN2O12. The largest absolute Gasteiger partial charge is 0.460 e. The molecule has 15 heteroatoms. The van der Waals surface area contributed by atoms with E-state index in [0.717, 1.165) is 6.42 Å². The first kappa shape index (κ1) is 59.0. The number of hydrogen-bond donors (Lipinski definition) is 2. The van der Waals surface area contributed by atoms with Crippen LogP contribution in [0.25, 0.3) is 0 Å². The van der Waals surface area contributed by atoms with Gasteiger partial charge < -0.3 is 48.5 Å². The number of nitrogens with one attached hydrogen (secondary N) is 2. The summed E-state index contributed by atoms with van der Waals surface area (Å²) in [5.41, 5.74) is -3.51. The Morgan fingerprint density at radius 1 is 0.661 bits per heavy atom. The SMILES string of the molecule is BC(C)(OC(COC(C)C)CC(C)(C)C(C)(C)OCCC(C)(C)C(C)(CC)OCC(COC(C)C)C(C)(CC)OC(=O)NCCOC(=O)C(=C)C)C(=O)NCCOC(=O)C(=C)C. The predicted octanol–water partition coefficient (Wildman–Crippen LogP) is 7.25. The van der Waals surface area contributed by atoms with Crippen LogP contribution >= 0.6 is 0 Å². The molecule has 0 radical (unpaired) electrons. The van der Waals surface area contributed by atoms with Gasteiger partial charge in [-0.05, 0) is 113 Å². The molecule has 2 amide bonds. The Hall–Kier alpha value is -2.98. The molecule has 0 heterocycles. The molecule has 0 aromatic carbocycles. The molecule has 0 saturated carbocycles. The summed E-state index contributed by atoms with van der Waals surface area (Å²) in [4.78, 5) is 49.7. The summed E-state index contributed by atoms with van der Waals surface area (Å²) in [6.45, 7) is 42.3. The van der Waals surface area contributed by atoms with E-state index in [1.807, 2.05) is 41.5 Å². The van der Waals surface area contributed by atoms with Crippen LogP contribution in [0.2, 0.25) is 0 Å². The molecular weight excluding hydrogens is 795 g/mol. The number of amides is 2. The van der Waals surface area contributed by atoms with Crippen molar-refractivity contribution in [3.05, 3.63) is 24.3 Å². The van der Waals surface area contributed by atoms with Crippen LogP contribution in [0.1, 0.15) is 143 Å². The highest BCUT2D eigenvalue weighted by Gasteiger charge is 2.46. The second kappa shape index (κ2) is 26.1. The van der Waals surface area contributed by atoms with Gasteiger partial charge in [0.2, 0.25) is 5.91 Å². The van der Waals surface area contributed by atoms with Crippen molar-refractivity contribution < 1.29 is 57.1 Å². The van der Waals surface area contributed by atoms with Gasteiger partial charge in [0.05, 0.1) is 62.4 Å². The van der Waals surface area contributed by atoms with E-state index in [-0.39, 0.29) is 74.5 Å². The van der Waals surface area contributed by atoms with Crippen LogP contribution in [0, 0.1) is 16.7 Å². The molecule has 0 bridgehead atoms. The molecule has 0 rings (SSSR count). The van der Waals surface area contributed by atoms with E-state index in [9.17, 15) is 19.2 Å². The van der Waals surface area contributed by atoms with Crippen molar-refractivity contribution in [1.29, 1.82) is 0 Å². The van der Waals surface area contributed by atoms with Gasteiger partial charge in [-0.15, -0.1) is 0 Å². The minimum absolute atomic E-state index is 0.00426. The molecule has 0 aliphatic heterocycles. The maximum atomic E-state index is 13.2. The topological polar surface area (TPSA) is 166 Å². The molecule has 2 N–H and O–H groups in total. The number of rotatable bonds is 32. The summed E-state index contributed by atoms with van der Waals surface area (Å²) in [6, 6.07) is 0. The lowest BCUT2D eigenvalue weighted by Crippen LogP contribution is -2.52. The van der Waals surface area contributed by atoms with Crippen molar-refractivity contribution >= 4 is 31.8 Å². The zero-order valence-corrected chi connectivity index (χ0v) is 42.1. The normalized spacial score (nSPS) is 16.3. The average molecular weight is 883 g/mol. The molecule has 360 valence electrons. The van der Waals surface area contributed by atoms with Gasteiger partial charge in [-0.2, -0.15) is 0 Å². The molecule has 0 fully saturated rings. The van der Waals surface area contributed by atoms with E-state index in [1.54, 1.807) is 28.6 Å². The fourth-order valence-corrected chi connectivity index (χ4v) is 6.27. The van der Waals surface area contributed by atoms with Crippen LogP contribution in [0.4, 0.5) is 4.79 Å². The van der Waals surface area contributed by atoms with Gasteiger partial charge in [0, 0.05) is 23.7 Å². The average Bonchev–Trinajstić information content (AvgIpc) is 3.15. The van der Waals surface area contributed by atoms with Crippen molar-refractivity contribution in [2.45, 2.75) is 184 Å². The summed E-state index contributed by atoms with van der Waals surface area (Å²) in [5, 5.41) is 5.49. The molecule has 5 atom stereocenters. The molecule has 14 nitrogen and oxygen atoms in total. The Bertz CT molecular complexity index is 1450. The number of ether oxygens (including phenoxy) is 8. The van der Waals surface area contributed by atoms with E-state index in [2.05, 4.69) is 79.2 Å². The second-order valence-electron chi connectivity index (χ2n) is 19.8. The Labute approximate surface area is 376 Å². The number of alkyl carbamates (subject to hydrolysis) is 1. The summed E-state index contributed by atoms with van der Waals surface area (Å²) >= 11 is 0. The Kier molecular flexibility index (Phi) is 24.8. The Balaban J connectivity index is 5.89. The van der Waals surface area contributed by atoms with E-state index < -0.39 is 51.9 Å². The summed E-state index contributed by atoms with van der Waals surface area (Å²) in [6.07, 6.45) is 1.33. The zero-order chi connectivity index (χ0) is 48.3. The molecule has 0 saturated heterocycles. The third-order valence-electron chi connectivity index (χ3n) is 12.3. The standard InChI is InChI=1S/C47H87BN2O12/c1-20-45(17,62-41(54)50-24-27-56-39(52)33(5)6)36(29-57-34(7)8)30-60-46(18,21-2)42(11,12)22-25-59-44(15,16)43(13,14)28-37(31-58-35(9)10)61-47(19,48)40(53)49-23-26-55-38(51)32(3)4/h34-37H,3,5,20-31,48H2,1-2,4,6-19H3,(H,49,53)(H,50,54). The summed E-state index contributed by atoms with van der Waals surface area (Å²) in [7, 11) is 1.72. The first-order chi connectivity index (χ1) is 28.3. The van der Waals surface area contributed by atoms with Crippen LogP contribution in [0.15, 0.2) is 24.3 Å². The molecule has 62 heavy (non-hydrogen) atoms. The number of esters is 2. The van der Waals surface area contributed by atoms with E-state index >= 15 is 0 Å². The summed E-state index contributed by atoms with van der Waals surface area (Å²) < 4.78 is 48.5. The molecule has 5 unspecified atom stereocenters. The first-order valence-corrected chi connectivity index (χ1v) is 22.4. The lowest BCUT2D eigenvalue weighted by molar-refractivity contribution is -0.174. The molecule has 0 aromatic heterocycles. The molecule has 0 aromatic rings.